The second-order valence-corrected chi connectivity index (χ2v) is 32.7. The molecule has 40 heteroatoms. The molecule has 8 aliphatic rings. The monoisotopic (exact) mass is 1530 g/mol. The van der Waals surface area contributed by atoms with Gasteiger partial charge in [-0.25, -0.2) is 38.4 Å². The van der Waals surface area contributed by atoms with Crippen molar-refractivity contribution in [2.75, 3.05) is 46.0 Å². The van der Waals surface area contributed by atoms with E-state index in [-0.39, 0.29) is 59.7 Å². The Kier molecular flexibility index (Phi) is 35.2. The average molecular weight is 1530 g/mol. The summed E-state index contributed by atoms with van der Waals surface area (Å²) in [6.07, 6.45) is 5.21. The third-order valence-corrected chi connectivity index (χ3v) is 24.2. The van der Waals surface area contributed by atoms with Crippen LogP contribution in [-0.4, -0.2) is 221 Å². The summed E-state index contributed by atoms with van der Waals surface area (Å²) in [5.41, 5.74) is -8.79. The Hall–Kier alpha value is -5.68. The zero-order valence-corrected chi connectivity index (χ0v) is 62.5. The highest BCUT2D eigenvalue weighted by atomic mass is 32.2. The fourth-order valence-corrected chi connectivity index (χ4v) is 17.6. The number of aliphatic carboxylic acids is 8. The Labute approximate surface area is 594 Å². The zero-order valence-electron chi connectivity index (χ0n) is 55.9. The van der Waals surface area contributed by atoms with Crippen molar-refractivity contribution >= 4 is 184 Å². The van der Waals surface area contributed by atoms with Crippen LogP contribution in [0.1, 0.15) is 141 Å². The van der Waals surface area contributed by atoms with Crippen LogP contribution in [0, 0.1) is 23.2 Å². The van der Waals surface area contributed by atoms with Crippen molar-refractivity contribution in [2.24, 2.45) is 23.2 Å². The number of unbranched alkanes of at least 4 members (excludes halogenated alkanes) is 1. The fourth-order valence-electron chi connectivity index (χ4n) is 9.27. The van der Waals surface area contributed by atoms with E-state index in [4.69, 9.17) is 40.9 Å². The minimum atomic E-state index is -1.12. The number of nitrogens with one attached hydrogen (secondary N) is 8. The first kappa shape index (κ1) is 89.3. The predicted octanol–water partition coefficient (Wildman–Crippen LogP) is 8.34. The molecule has 9 unspecified atom stereocenters. The molecule has 0 aromatic heterocycles. The molecule has 0 bridgehead atoms. The molecule has 550 valence electrons. The van der Waals surface area contributed by atoms with Gasteiger partial charge in [-0.05, 0) is 55.8 Å². The van der Waals surface area contributed by atoms with Gasteiger partial charge in [0.15, 0.2) is 16.6 Å². The number of carbonyl (C=O) groups is 16. The molecule has 97 heavy (non-hydrogen) atoms. The maximum absolute atomic E-state index is 11.1. The topological polar surface area (TPSA) is 531 Å². The van der Waals surface area contributed by atoms with Crippen molar-refractivity contribution < 1.29 is 118 Å². The van der Waals surface area contributed by atoms with Gasteiger partial charge in [-0.2, -0.15) is 0 Å². The van der Waals surface area contributed by atoms with Crippen molar-refractivity contribution in [2.45, 2.75) is 186 Å². The SMILES string of the molecule is CC(C)(C)C1(C(=O)O)CSC(=O)N1.CC(C)C1(C(=O)O)CSC(=O)N1.CC(C)CC1(C(=O)O)CSC(=O)N1.CC1(C(=O)O)CSC(=O)N1.CCC(C)C1(C(=O)O)CSC(=O)N1.CCC1(C(=O)O)CSC(=O)N1.CCCC1(C(=O)O)CSC(=O)N1.CCCCC1(C(=O)O)CSC(=O)N1. The Morgan fingerprint density at radius 3 is 0.938 bits per heavy atom. The Morgan fingerprint density at radius 1 is 0.392 bits per heavy atom. The van der Waals surface area contributed by atoms with Crippen LogP contribution in [0.3, 0.4) is 0 Å². The molecule has 8 saturated heterocycles. The third kappa shape index (κ3) is 24.3. The van der Waals surface area contributed by atoms with E-state index < -0.39 is 97.5 Å². The van der Waals surface area contributed by atoms with Gasteiger partial charge < -0.3 is 83.4 Å². The predicted molar refractivity (Wildman–Crippen MR) is 374 cm³/mol. The third-order valence-electron chi connectivity index (χ3n) is 16.2. The smallest absolute Gasteiger partial charge is 0.330 e. The number of thioether (sulfide) groups is 8. The number of carbonyl (C=O) groups excluding carboxylic acids is 8. The molecule has 8 aliphatic heterocycles. The van der Waals surface area contributed by atoms with Crippen LogP contribution in [0.4, 0.5) is 38.4 Å². The molecule has 8 heterocycles. The van der Waals surface area contributed by atoms with E-state index in [1.165, 1.54) is 6.92 Å². The standard InChI is InChI=1S/4C8H13NO3S.2C7H11NO3S.C6H9NO3S.C5H7NO3S/c1-7(2,3)8(5(10)11)4-13-6(12)9-8;1-5(2)3-8(6(10)11)4-13-7(12)9-8;1-3-5(2)8(6(10)11)4-13-7(12)9-8;1-2-3-4-8(6(10)11)5-13-7(12)9-8;1-4(2)7(5(9)10)3-12-6(11)8-7;1-2-3-7(5(9)10)4-12-6(11)8-7;1-2-6(4(8)9)3-11-5(10)7-6;1-5(3(7)8)2-10-4(9)6-5/h4H2,1-3H3,(H,9,12)(H,10,11);2*5H,3-4H2,1-2H3,(H,9,12)(H,10,11);2-5H2,1H3,(H,9,12)(H,10,11);4H,3H2,1-2H3,(H,8,11)(H,9,10);2-4H2,1H3,(H,8,11)(H,9,10);2-3H2,1H3,(H,7,10)(H,8,9);2H2,1H3,(H,6,9)(H,7,8). The molecule has 0 aromatic rings. The Morgan fingerprint density at radius 2 is 0.732 bits per heavy atom. The summed E-state index contributed by atoms with van der Waals surface area (Å²) >= 11 is 8.27. The molecular formula is C57H90N8O24S8. The fraction of sp³-hybridized carbons (Fsp3) is 0.719. The van der Waals surface area contributed by atoms with Crippen LogP contribution in [0.5, 0.6) is 0 Å². The molecule has 16 N–H and O–H groups in total. The molecule has 0 aromatic carbocycles. The summed E-state index contributed by atoms with van der Waals surface area (Å²) in [5.74, 6) is -4.80. The van der Waals surface area contributed by atoms with E-state index in [9.17, 15) is 76.7 Å². The lowest BCUT2D eigenvalue weighted by Crippen LogP contribution is -2.59. The van der Waals surface area contributed by atoms with Crippen molar-refractivity contribution in [1.82, 2.24) is 42.5 Å². The summed E-state index contributed by atoms with van der Waals surface area (Å²) in [7, 11) is 0. The van der Waals surface area contributed by atoms with Crippen molar-refractivity contribution in [3.63, 3.8) is 0 Å². The highest BCUT2D eigenvalue weighted by molar-refractivity contribution is 8.15. The number of hydrogen-bond acceptors (Lipinski definition) is 24. The van der Waals surface area contributed by atoms with Gasteiger partial charge in [0.1, 0.15) is 27.7 Å². The molecule has 0 saturated carbocycles. The molecule has 0 radical (unpaired) electrons. The van der Waals surface area contributed by atoms with Crippen LogP contribution in [0.2, 0.25) is 0 Å². The molecule has 8 rings (SSSR count). The van der Waals surface area contributed by atoms with Crippen LogP contribution < -0.4 is 42.5 Å². The second kappa shape index (κ2) is 38.2. The number of rotatable bonds is 19. The maximum atomic E-state index is 11.1. The minimum absolute atomic E-state index is 0.0380. The number of carboxylic acid groups (broad SMARTS) is 8. The van der Waals surface area contributed by atoms with Crippen LogP contribution in [-0.2, 0) is 38.4 Å². The first-order chi connectivity index (χ1) is 44.6. The quantitative estimate of drug-likeness (QED) is 0.0577. The van der Waals surface area contributed by atoms with Gasteiger partial charge in [-0.3, -0.25) is 38.4 Å². The molecular weight excluding hydrogens is 1440 g/mol. The second-order valence-electron chi connectivity index (χ2n) is 25.1. The average Bonchev–Trinajstić information content (AvgIpc) is 1.70. The minimum Gasteiger partial charge on any atom is -0.479 e. The first-order valence-corrected chi connectivity index (χ1v) is 38.0. The van der Waals surface area contributed by atoms with Crippen LogP contribution in [0.25, 0.3) is 0 Å². The molecule has 32 nitrogen and oxygen atoms in total. The summed E-state index contributed by atoms with van der Waals surface area (Å²) in [6, 6.07) is 0. The van der Waals surface area contributed by atoms with E-state index in [1.54, 1.807) is 20.8 Å². The zero-order chi connectivity index (χ0) is 75.1. The van der Waals surface area contributed by atoms with Gasteiger partial charge in [-0.15, -0.1) is 0 Å². The molecule has 8 amide bonds. The lowest BCUT2D eigenvalue weighted by molar-refractivity contribution is -0.148. The van der Waals surface area contributed by atoms with Gasteiger partial charge in [0.05, 0.1) is 0 Å². The van der Waals surface area contributed by atoms with Crippen molar-refractivity contribution in [1.29, 1.82) is 0 Å². The van der Waals surface area contributed by atoms with Crippen molar-refractivity contribution in [3.8, 4) is 0 Å². The van der Waals surface area contributed by atoms with E-state index in [0.29, 0.717) is 71.7 Å². The summed E-state index contributed by atoms with van der Waals surface area (Å²) in [4.78, 5) is 174. The molecule has 0 spiro atoms. The first-order valence-electron chi connectivity index (χ1n) is 30.1. The number of hydrogen-bond donors (Lipinski definition) is 16. The van der Waals surface area contributed by atoms with Gasteiger partial charge in [0, 0.05) is 46.0 Å². The summed E-state index contributed by atoms with van der Waals surface area (Å²) in [5, 5.41) is 89.2. The molecule has 0 aliphatic carbocycles. The lowest BCUT2D eigenvalue weighted by atomic mass is 9.75. The van der Waals surface area contributed by atoms with E-state index in [2.05, 4.69) is 42.5 Å². The van der Waals surface area contributed by atoms with Gasteiger partial charge in [-0.1, -0.05) is 203 Å². The number of amides is 8. The van der Waals surface area contributed by atoms with E-state index >= 15 is 0 Å². The van der Waals surface area contributed by atoms with E-state index in [0.717, 1.165) is 120 Å². The van der Waals surface area contributed by atoms with Crippen LogP contribution in [0.15, 0.2) is 0 Å². The number of carboxylic acids is 8. The molecule has 9 atom stereocenters. The summed E-state index contributed by atoms with van der Waals surface area (Å²) in [6.45, 7) is 23.8. The highest BCUT2D eigenvalue weighted by Crippen LogP contribution is 2.39. The van der Waals surface area contributed by atoms with E-state index in [1.807, 2.05) is 62.3 Å². The van der Waals surface area contributed by atoms with Crippen LogP contribution >= 0.6 is 94.1 Å². The maximum Gasteiger partial charge on any atom is 0.330 e. The Balaban J connectivity index is 0.000000555. The van der Waals surface area contributed by atoms with Gasteiger partial charge >= 0.3 is 47.8 Å². The summed E-state index contributed by atoms with van der Waals surface area (Å²) < 4.78 is 0. The molecule has 8 fully saturated rings. The Bertz CT molecular complexity index is 2970. The highest BCUT2D eigenvalue weighted by Gasteiger charge is 2.55. The van der Waals surface area contributed by atoms with Gasteiger partial charge in [0.2, 0.25) is 0 Å². The lowest BCUT2D eigenvalue weighted by Gasteiger charge is -2.36. The van der Waals surface area contributed by atoms with Gasteiger partial charge in [0.25, 0.3) is 41.9 Å². The van der Waals surface area contributed by atoms with Crippen molar-refractivity contribution in [3.05, 3.63) is 0 Å². The normalized spacial score (nSPS) is 29.1. The largest absolute Gasteiger partial charge is 0.479 e.